The van der Waals surface area contributed by atoms with Crippen molar-refractivity contribution in [1.29, 1.82) is 5.26 Å². The van der Waals surface area contributed by atoms with Gasteiger partial charge in [0.2, 0.25) is 0 Å². The number of aromatic nitrogens is 8. The summed E-state index contributed by atoms with van der Waals surface area (Å²) in [5.41, 5.74) is 23.1. The minimum Gasteiger partial charge on any atom is -0.491 e. The molecular weight excluding hydrogens is 1870 g/mol. The summed E-state index contributed by atoms with van der Waals surface area (Å²) in [6.07, 6.45) is -1.70. The highest BCUT2D eigenvalue weighted by molar-refractivity contribution is 6.37. The van der Waals surface area contributed by atoms with Gasteiger partial charge in [-0.25, -0.2) is 148 Å². The van der Waals surface area contributed by atoms with Crippen LogP contribution in [0.25, 0.3) is 73.9 Å². The van der Waals surface area contributed by atoms with E-state index in [0.29, 0.717) is 24.3 Å². The predicted molar refractivity (Wildman–Crippen MR) is 434 cm³/mol. The van der Waals surface area contributed by atoms with Crippen LogP contribution in [0.1, 0.15) is 91.6 Å². The smallest absolute Gasteiger partial charge is 0.358 e. The van der Waals surface area contributed by atoms with Gasteiger partial charge in [-0.3, -0.25) is 0 Å². The Hall–Kier alpha value is -15.4. The predicted octanol–water partition coefficient (Wildman–Crippen LogP) is 18.0. The van der Waals surface area contributed by atoms with Crippen molar-refractivity contribution < 1.29 is 141 Å². The molecule has 12 aromatic rings. The van der Waals surface area contributed by atoms with Gasteiger partial charge in [0.25, 0.3) is 6.43 Å². The van der Waals surface area contributed by atoms with Gasteiger partial charge in [0.05, 0.1) is 113 Å². The van der Waals surface area contributed by atoms with E-state index in [2.05, 4.69) is 70.1 Å². The largest absolute Gasteiger partial charge is 0.491 e. The van der Waals surface area contributed by atoms with Gasteiger partial charge in [-0.05, 0) is 85.3 Å². The van der Waals surface area contributed by atoms with Crippen LogP contribution in [0.5, 0.6) is 5.75 Å². The highest BCUT2D eigenvalue weighted by Gasteiger charge is 2.32. The Balaban J connectivity index is 0.000000215. The number of pyridine rings is 4. The van der Waals surface area contributed by atoms with Crippen LogP contribution in [0.4, 0.5) is 113 Å². The molecule has 0 aliphatic carbocycles. The van der Waals surface area contributed by atoms with E-state index >= 15 is 0 Å². The van der Waals surface area contributed by atoms with E-state index in [9.17, 15) is 108 Å². The highest BCUT2D eigenvalue weighted by atomic mass is 35.5. The molecule has 28 nitrogen and oxygen atoms in total. The summed E-state index contributed by atoms with van der Waals surface area (Å²) in [4.78, 5) is 98.7. The minimum atomic E-state index is -2.93. The molecular formula is C81H53Cl4F18N15O13. The second-order valence-electron chi connectivity index (χ2n) is 24.9. The van der Waals surface area contributed by atoms with Crippen LogP contribution in [0.15, 0.2) is 97.6 Å². The van der Waals surface area contributed by atoms with E-state index in [0.717, 1.165) is 84.1 Å². The first-order chi connectivity index (χ1) is 61.6. The van der Waals surface area contributed by atoms with E-state index in [4.69, 9.17) is 95.9 Å². The lowest BCUT2D eigenvalue weighted by atomic mass is 10.1. The second kappa shape index (κ2) is 43.9. The van der Waals surface area contributed by atoms with Crippen LogP contribution < -0.4 is 39.1 Å². The van der Waals surface area contributed by atoms with Crippen molar-refractivity contribution in [3.63, 3.8) is 0 Å². The van der Waals surface area contributed by atoms with Gasteiger partial charge in [-0.15, -0.1) is 0 Å². The molecule has 131 heavy (non-hydrogen) atoms. The summed E-state index contributed by atoms with van der Waals surface area (Å²) in [7, 11) is 6.56. The fourth-order valence-electron chi connectivity index (χ4n) is 10.4. The van der Waals surface area contributed by atoms with Crippen molar-refractivity contribution in [2.24, 2.45) is 0 Å². The molecule has 0 unspecified atom stereocenters. The number of esters is 5. The van der Waals surface area contributed by atoms with E-state index in [1.165, 1.54) is 38.3 Å². The Morgan fingerprint density at radius 3 is 1.31 bits per heavy atom. The minimum absolute atomic E-state index is 0.0328. The van der Waals surface area contributed by atoms with Gasteiger partial charge >= 0.3 is 35.8 Å². The average molecular weight is 1930 g/mol. The first kappa shape index (κ1) is 103. The molecule has 0 spiro atoms. The van der Waals surface area contributed by atoms with Gasteiger partial charge in [-0.1, -0.05) is 71.2 Å². The number of benzene rings is 6. The molecule has 0 bridgehead atoms. The molecule has 6 aromatic heterocycles. The number of halogens is 22. The van der Waals surface area contributed by atoms with Crippen LogP contribution in [0, 0.1) is 111 Å². The number of aryl methyl sites for hydroxylation is 1. The Bertz CT molecular complexity index is 6660. The molecule has 0 atom stereocenters. The van der Waals surface area contributed by atoms with Crippen molar-refractivity contribution >= 4 is 123 Å². The molecule has 0 aliphatic rings. The number of nitrogen functional groups attached to an aromatic ring is 6. The number of methoxy groups -OCH3 is 6. The number of carboxylic acid groups (broad SMARTS) is 1. The van der Waals surface area contributed by atoms with E-state index in [-0.39, 0.29) is 85.1 Å². The molecule has 6 aromatic carbocycles. The zero-order valence-electron chi connectivity index (χ0n) is 66.7. The van der Waals surface area contributed by atoms with Gasteiger partial charge in [0.15, 0.2) is 116 Å². The fourth-order valence-corrected chi connectivity index (χ4v) is 11.2. The third kappa shape index (κ3) is 22.8. The maximum atomic E-state index is 14.2. The first-order valence-corrected chi connectivity index (χ1v) is 36.3. The van der Waals surface area contributed by atoms with Crippen molar-refractivity contribution in [1.82, 2.24) is 39.9 Å². The third-order valence-corrected chi connectivity index (χ3v) is 18.4. The SMILES string of the molecule is C=Cc1c(N)nc(-c2ccc(F)c(F)c2F)nc1C(=O)OC.COC(=O)c1nc(-c2cc(F)c(C#N)cc2F)c(F)c(N)c1Cl.COC(=O)c1nc(-c2cc(F)c(F)cc2F)c(F)c(N)c1Cl.COC(=O)c1nc(-c2ccc(C(F)F)c(F)c2)cc(N)c1Cl.COC(=O)c1nc(-c2cccc(F)c2F)c(F)c(N)c1Cl.COc1c(N)nc(-c2cc(F)c(C)cc2F)nc1C(=O)O. The molecule has 0 fully saturated rings. The van der Waals surface area contributed by atoms with E-state index in [1.807, 2.05) is 0 Å². The molecule has 684 valence electrons. The lowest BCUT2D eigenvalue weighted by Gasteiger charge is -2.11. The quantitative estimate of drug-likeness (QED) is 0.0165. The van der Waals surface area contributed by atoms with Crippen LogP contribution in [0.3, 0.4) is 0 Å². The number of carboxylic acids is 1. The van der Waals surface area contributed by atoms with Crippen LogP contribution in [-0.4, -0.2) is 123 Å². The lowest BCUT2D eigenvalue weighted by molar-refractivity contribution is 0.0585. The molecule has 0 amide bonds. The van der Waals surface area contributed by atoms with Crippen molar-refractivity contribution in [3.05, 3.63) is 267 Å². The summed E-state index contributed by atoms with van der Waals surface area (Å²) >= 11 is 23.0. The molecule has 12 rings (SSSR count). The van der Waals surface area contributed by atoms with E-state index in [1.54, 1.807) is 0 Å². The Kier molecular flexibility index (Phi) is 34.4. The van der Waals surface area contributed by atoms with Gasteiger partial charge < -0.3 is 67.9 Å². The number of hydrogen-bond donors (Lipinski definition) is 7. The average Bonchev–Trinajstić information content (AvgIpc) is 0.773. The highest BCUT2D eigenvalue weighted by Crippen LogP contribution is 2.40. The Morgan fingerprint density at radius 1 is 0.412 bits per heavy atom. The molecule has 50 heteroatoms. The summed E-state index contributed by atoms with van der Waals surface area (Å²) in [6.45, 7) is 4.86. The monoisotopic (exact) mass is 1930 g/mol. The number of hydrogen-bond acceptors (Lipinski definition) is 27. The molecule has 13 N–H and O–H groups in total. The number of ether oxygens (including phenoxy) is 6. The molecule has 6 heterocycles. The summed E-state index contributed by atoms with van der Waals surface area (Å²) in [6, 6.07) is 14.2. The maximum absolute atomic E-state index is 14.2. The number of carbonyl (C=O) groups is 6. The molecule has 0 aliphatic heterocycles. The summed E-state index contributed by atoms with van der Waals surface area (Å²) < 4.78 is 270. The van der Waals surface area contributed by atoms with Crippen molar-refractivity contribution in [3.8, 4) is 79.6 Å². The zero-order chi connectivity index (χ0) is 98.3. The number of alkyl halides is 2. The standard InChI is InChI=1S/C14H7ClF3N3O2.C14H10ClF3N2O2.C14H10F3N3O2.C13H7ClF4N2O2.C13H8ClF3N2O2.C13H11F2N3O3/c1-23-14(22)13-9(15)11(20)10(18)12(21-13)6-3-7(16)5(4-19)2-8(6)17;1-22-14(21)12-11(15)9(19)5-10(20-12)6-2-3-7(13(17)18)8(16)4-6;1-3-6-11(14(21)22-2)19-13(20-12(6)18)7-4-5-8(15)10(17)9(7)16;1-22-13(21)12-8(14)10(19)9(18)11(20-12)4-2-6(16)7(17)3-5(4)15;1-21-13(20)12-7(14)10(18)9(17)11(19-12)5-3-2-4-6(15)8(5)16;1-5-3-8(15)6(4-7(5)14)12-17-9(13(19)20)10(21-2)11(16)18-12/h2-3H,1H3,(H2,20,21);2-5,13H,1H3,(H2,19,20);3-5H,1H2,2H3,(H2,18,19,20);2-3H,1H3,(H2,19,20);2-4H,1H3,(H2,18,19);3-4H,1-2H3,(H,19,20)(H2,16,17,18). The van der Waals surface area contributed by atoms with Gasteiger partial charge in [-0.2, -0.15) is 5.26 Å². The summed E-state index contributed by atoms with van der Waals surface area (Å²) in [5, 5.41) is 16.1. The zero-order valence-corrected chi connectivity index (χ0v) is 69.7. The number of nitrogens with two attached hydrogens (primary N) is 6. The number of rotatable bonds is 15. The summed E-state index contributed by atoms with van der Waals surface area (Å²) in [5.74, 6) is -27.2. The number of nitrogens with zero attached hydrogens (tertiary/aromatic N) is 9. The van der Waals surface area contributed by atoms with Crippen molar-refractivity contribution in [2.75, 3.05) is 77.1 Å². The maximum Gasteiger partial charge on any atom is 0.358 e. The second-order valence-corrected chi connectivity index (χ2v) is 26.4. The molecule has 0 saturated heterocycles. The lowest BCUT2D eigenvalue weighted by Crippen LogP contribution is -2.12. The number of anilines is 6. The van der Waals surface area contributed by atoms with E-state index < -0.39 is 241 Å². The Labute approximate surface area is 742 Å². The normalized spacial score (nSPS) is 10.5. The van der Waals surface area contributed by atoms with Crippen LogP contribution in [-0.2, 0) is 23.7 Å². The number of aromatic carboxylic acids is 1. The molecule has 0 radical (unpaired) electrons. The van der Waals surface area contributed by atoms with Crippen LogP contribution >= 0.6 is 46.4 Å². The van der Waals surface area contributed by atoms with Crippen molar-refractivity contribution in [2.45, 2.75) is 13.3 Å². The van der Waals surface area contributed by atoms with Gasteiger partial charge in [0.1, 0.15) is 63.9 Å². The fraction of sp³-hybridized carbons (Fsp3) is 0.0988. The van der Waals surface area contributed by atoms with Gasteiger partial charge in [0, 0.05) is 33.9 Å². The topological polar surface area (TPSA) is 461 Å². The van der Waals surface area contributed by atoms with Crippen LogP contribution in [0.2, 0.25) is 20.1 Å². The first-order valence-electron chi connectivity index (χ1n) is 34.8. The number of carbonyl (C=O) groups excluding carboxylic acids is 5. The molecule has 0 saturated carbocycles. The number of nitriles is 1. The Morgan fingerprint density at radius 2 is 0.840 bits per heavy atom. The third-order valence-electron chi connectivity index (χ3n) is 16.9.